The summed E-state index contributed by atoms with van der Waals surface area (Å²) in [7, 11) is 0. The smallest absolute Gasteiger partial charge is 0.244 e. The third-order valence-corrected chi connectivity index (χ3v) is 2.86. The number of benzene rings is 1. The second-order valence-corrected chi connectivity index (χ2v) is 4.62. The average molecular weight is 277 g/mol. The zero-order valence-corrected chi connectivity index (χ0v) is 11.1. The maximum absolute atomic E-state index is 11.8. The molecule has 2 rings (SSSR count). The van der Waals surface area contributed by atoms with Crippen molar-refractivity contribution in [3.05, 3.63) is 53.3 Å². The SMILES string of the molecule is CC(=O)c1ccn(CC(=O)Nc2ccc(Cl)cc2)c1. The minimum absolute atomic E-state index is 0.0168. The van der Waals surface area contributed by atoms with Gasteiger partial charge >= 0.3 is 0 Å². The molecule has 98 valence electrons. The van der Waals surface area contributed by atoms with E-state index in [0.717, 1.165) is 0 Å². The van der Waals surface area contributed by atoms with Gasteiger partial charge in [-0.1, -0.05) is 11.6 Å². The fourth-order valence-corrected chi connectivity index (χ4v) is 1.77. The first-order valence-corrected chi connectivity index (χ1v) is 6.14. The van der Waals surface area contributed by atoms with E-state index in [-0.39, 0.29) is 18.2 Å². The van der Waals surface area contributed by atoms with Crippen molar-refractivity contribution in [3.63, 3.8) is 0 Å². The Bertz CT molecular complexity index is 602. The maximum atomic E-state index is 11.8. The predicted molar refractivity (Wildman–Crippen MR) is 74.5 cm³/mol. The lowest BCUT2D eigenvalue weighted by atomic mass is 10.2. The van der Waals surface area contributed by atoms with Gasteiger partial charge in [0.25, 0.3) is 0 Å². The fourth-order valence-electron chi connectivity index (χ4n) is 1.65. The summed E-state index contributed by atoms with van der Waals surface area (Å²) in [4.78, 5) is 22.9. The number of ketones is 1. The highest BCUT2D eigenvalue weighted by molar-refractivity contribution is 6.30. The van der Waals surface area contributed by atoms with Gasteiger partial charge in [-0.05, 0) is 37.3 Å². The van der Waals surface area contributed by atoms with Crippen LogP contribution in [0.1, 0.15) is 17.3 Å². The fraction of sp³-hybridized carbons (Fsp3) is 0.143. The largest absolute Gasteiger partial charge is 0.344 e. The molecule has 5 heteroatoms. The first-order valence-electron chi connectivity index (χ1n) is 5.77. The molecule has 0 atom stereocenters. The van der Waals surface area contributed by atoms with Crippen LogP contribution in [-0.4, -0.2) is 16.3 Å². The zero-order valence-electron chi connectivity index (χ0n) is 10.4. The molecule has 0 aliphatic carbocycles. The van der Waals surface area contributed by atoms with E-state index in [0.29, 0.717) is 16.3 Å². The lowest BCUT2D eigenvalue weighted by Gasteiger charge is -2.06. The Morgan fingerprint density at radius 2 is 1.89 bits per heavy atom. The number of nitrogens with zero attached hydrogens (tertiary/aromatic N) is 1. The van der Waals surface area contributed by atoms with Crippen LogP contribution in [0.5, 0.6) is 0 Å². The van der Waals surface area contributed by atoms with Crippen LogP contribution in [0.2, 0.25) is 5.02 Å². The van der Waals surface area contributed by atoms with Crippen molar-refractivity contribution in [2.24, 2.45) is 0 Å². The van der Waals surface area contributed by atoms with Crippen LogP contribution in [0.4, 0.5) is 5.69 Å². The number of amides is 1. The lowest BCUT2D eigenvalue weighted by Crippen LogP contribution is -2.17. The molecule has 0 saturated carbocycles. The number of halogens is 1. The summed E-state index contributed by atoms with van der Waals surface area (Å²) >= 11 is 5.76. The van der Waals surface area contributed by atoms with E-state index in [9.17, 15) is 9.59 Å². The van der Waals surface area contributed by atoms with Gasteiger partial charge in [0, 0.05) is 28.7 Å². The summed E-state index contributed by atoms with van der Waals surface area (Å²) in [5.74, 6) is -0.176. The van der Waals surface area contributed by atoms with Crippen LogP contribution in [0.3, 0.4) is 0 Å². The molecule has 1 aromatic heterocycles. The molecule has 1 heterocycles. The Morgan fingerprint density at radius 1 is 1.21 bits per heavy atom. The van der Waals surface area contributed by atoms with Crippen LogP contribution in [0.25, 0.3) is 0 Å². The summed E-state index contributed by atoms with van der Waals surface area (Å²) in [6.45, 7) is 1.66. The molecule has 2 aromatic rings. The number of anilines is 1. The third-order valence-electron chi connectivity index (χ3n) is 2.61. The third kappa shape index (κ3) is 3.69. The molecular formula is C14H13ClN2O2. The van der Waals surface area contributed by atoms with Crippen molar-refractivity contribution < 1.29 is 9.59 Å². The molecule has 0 radical (unpaired) electrons. The number of aromatic nitrogens is 1. The number of nitrogens with one attached hydrogen (secondary N) is 1. The molecule has 4 nitrogen and oxygen atoms in total. The Labute approximate surface area is 116 Å². The van der Waals surface area contributed by atoms with Crippen LogP contribution in [0.15, 0.2) is 42.7 Å². The van der Waals surface area contributed by atoms with E-state index >= 15 is 0 Å². The second-order valence-electron chi connectivity index (χ2n) is 4.18. The predicted octanol–water partition coefficient (Wildman–Crippen LogP) is 2.98. The van der Waals surface area contributed by atoms with Gasteiger partial charge in [0.15, 0.2) is 5.78 Å². The second kappa shape index (κ2) is 5.71. The van der Waals surface area contributed by atoms with Crippen molar-refractivity contribution in [2.45, 2.75) is 13.5 Å². The normalized spacial score (nSPS) is 10.2. The van der Waals surface area contributed by atoms with E-state index in [1.165, 1.54) is 6.92 Å². The van der Waals surface area contributed by atoms with Crippen molar-refractivity contribution >= 4 is 29.0 Å². The number of Topliss-reactive ketones (excluding diaryl/α,β-unsaturated/α-hetero) is 1. The van der Waals surface area contributed by atoms with E-state index in [2.05, 4.69) is 5.32 Å². The first kappa shape index (κ1) is 13.4. The molecule has 0 aliphatic rings. The Hall–Kier alpha value is -2.07. The van der Waals surface area contributed by atoms with Crippen LogP contribution in [0, 0.1) is 0 Å². The van der Waals surface area contributed by atoms with E-state index in [1.54, 1.807) is 47.3 Å². The summed E-state index contributed by atoms with van der Waals surface area (Å²) in [6, 6.07) is 8.58. The van der Waals surface area contributed by atoms with Crippen LogP contribution in [-0.2, 0) is 11.3 Å². The summed E-state index contributed by atoms with van der Waals surface area (Å²) in [5, 5.41) is 3.37. The van der Waals surface area contributed by atoms with Gasteiger partial charge in [0.05, 0.1) is 0 Å². The standard InChI is InChI=1S/C14H13ClN2O2/c1-10(18)11-6-7-17(8-11)9-14(19)16-13-4-2-12(15)3-5-13/h2-8H,9H2,1H3,(H,16,19). The van der Waals surface area contributed by atoms with Gasteiger partial charge in [-0.2, -0.15) is 0 Å². The van der Waals surface area contributed by atoms with E-state index in [1.807, 2.05) is 0 Å². The molecule has 1 N–H and O–H groups in total. The van der Waals surface area contributed by atoms with Gasteiger partial charge in [-0.3, -0.25) is 9.59 Å². The molecule has 1 aromatic carbocycles. The summed E-state index contributed by atoms with van der Waals surface area (Å²) in [6.07, 6.45) is 3.36. The highest BCUT2D eigenvalue weighted by Gasteiger charge is 2.06. The minimum Gasteiger partial charge on any atom is -0.344 e. The monoisotopic (exact) mass is 276 g/mol. The Balaban J connectivity index is 1.97. The van der Waals surface area contributed by atoms with Crippen molar-refractivity contribution in [1.82, 2.24) is 4.57 Å². The average Bonchev–Trinajstić information content (AvgIpc) is 2.80. The van der Waals surface area contributed by atoms with Crippen molar-refractivity contribution in [2.75, 3.05) is 5.32 Å². The lowest BCUT2D eigenvalue weighted by molar-refractivity contribution is -0.116. The highest BCUT2D eigenvalue weighted by atomic mass is 35.5. The molecule has 0 aliphatic heterocycles. The minimum atomic E-state index is -0.159. The van der Waals surface area contributed by atoms with Crippen LogP contribution < -0.4 is 5.32 Å². The number of hydrogen-bond acceptors (Lipinski definition) is 2. The van der Waals surface area contributed by atoms with Crippen LogP contribution >= 0.6 is 11.6 Å². The van der Waals surface area contributed by atoms with E-state index in [4.69, 9.17) is 11.6 Å². The van der Waals surface area contributed by atoms with Gasteiger partial charge < -0.3 is 9.88 Å². The van der Waals surface area contributed by atoms with Gasteiger partial charge in [0.2, 0.25) is 5.91 Å². The molecular weight excluding hydrogens is 264 g/mol. The molecule has 0 fully saturated rings. The van der Waals surface area contributed by atoms with Gasteiger partial charge in [-0.15, -0.1) is 0 Å². The highest BCUT2D eigenvalue weighted by Crippen LogP contribution is 2.13. The number of carbonyl (C=O) groups is 2. The Kier molecular flexibility index (Phi) is 4.02. The van der Waals surface area contributed by atoms with Gasteiger partial charge in [0.1, 0.15) is 6.54 Å². The molecule has 0 saturated heterocycles. The number of hydrogen-bond donors (Lipinski definition) is 1. The summed E-state index contributed by atoms with van der Waals surface area (Å²) in [5.41, 5.74) is 1.28. The zero-order chi connectivity index (χ0) is 13.8. The molecule has 1 amide bonds. The van der Waals surface area contributed by atoms with Crippen molar-refractivity contribution in [1.29, 1.82) is 0 Å². The number of rotatable bonds is 4. The maximum Gasteiger partial charge on any atom is 0.244 e. The number of carbonyl (C=O) groups excluding carboxylic acids is 2. The molecule has 0 bridgehead atoms. The summed E-state index contributed by atoms with van der Waals surface area (Å²) < 4.78 is 1.67. The van der Waals surface area contributed by atoms with Crippen molar-refractivity contribution in [3.8, 4) is 0 Å². The molecule has 0 spiro atoms. The first-order chi connectivity index (χ1) is 9.04. The molecule has 0 unspecified atom stereocenters. The quantitative estimate of drug-likeness (QED) is 0.873. The van der Waals surface area contributed by atoms with Gasteiger partial charge in [-0.25, -0.2) is 0 Å². The van der Waals surface area contributed by atoms with E-state index < -0.39 is 0 Å². The Morgan fingerprint density at radius 3 is 2.47 bits per heavy atom. The molecule has 19 heavy (non-hydrogen) atoms. The topological polar surface area (TPSA) is 51.1 Å².